The number of nitrogens with zero attached hydrogens (tertiary/aromatic N) is 2. The molecule has 0 radical (unpaired) electrons. The van der Waals surface area contributed by atoms with Gasteiger partial charge in [0.25, 0.3) is 0 Å². The minimum atomic E-state index is -2.92. The molecule has 6 nitrogen and oxygen atoms in total. The first kappa shape index (κ1) is 82.9. The molecule has 0 unspecified atom stereocenters. The van der Waals surface area contributed by atoms with Gasteiger partial charge in [-0.2, -0.15) is 0 Å². The summed E-state index contributed by atoms with van der Waals surface area (Å²) in [6, 6.07) is 140. The predicted molar refractivity (Wildman–Crippen MR) is 530 cm³/mol. The molecule has 5 heterocycles. The van der Waals surface area contributed by atoms with Crippen LogP contribution < -0.4 is 59.2 Å². The molecule has 0 aliphatic heterocycles. The zero-order chi connectivity index (χ0) is 84.5. The van der Waals surface area contributed by atoms with Crippen LogP contribution in [0.4, 0.5) is 0 Å². The van der Waals surface area contributed by atoms with E-state index in [1.165, 1.54) is 41.5 Å². The lowest BCUT2D eigenvalue weighted by Gasteiger charge is -2.43. The molecular weight excluding hydrogens is 1630 g/mol. The van der Waals surface area contributed by atoms with Gasteiger partial charge in [0, 0.05) is 19.5 Å². The quantitative estimate of drug-likeness (QED) is 0.0562. The van der Waals surface area contributed by atoms with Gasteiger partial charge in [0.15, 0.2) is 0 Å². The van der Waals surface area contributed by atoms with Crippen molar-refractivity contribution < 1.29 is 17.7 Å². The molecular formula is C108H100N2O4S4Si4. The average molecular weight is 1730 g/mol. The Morgan fingerprint density at radius 2 is 0.311 bits per heavy atom. The van der Waals surface area contributed by atoms with Gasteiger partial charge in [-0.25, -0.2) is 9.97 Å². The SMILES string of the molecule is CC(C)(C)[Si](Oc1ccc(-c2ccc(-c3nc(-c4ccc(-c5ccc(O[Si](c6ccccc6)(c6ccccc6)C(C)(C)C)cc5)s4)c(-c4ccc(-c5ccc(O[Si](c6ccccc6)(c6ccccc6)C(C)(C)C)cc5)s4)nc3-c3ccc(-c4ccc(O[Si](c5ccccc5)(c5ccccc5)C(C)(C)C)cc4)s3)s2)cc1)(c1ccccc1)c1ccccc1. The molecule has 0 N–H and O–H groups in total. The first-order valence-corrected chi connectivity index (χ1v) is 52.8. The predicted octanol–water partition coefficient (Wildman–Crippen LogP) is 25.8. The van der Waals surface area contributed by atoms with Gasteiger partial charge in [-0.3, -0.25) is 0 Å². The van der Waals surface area contributed by atoms with Crippen molar-refractivity contribution in [1.82, 2.24) is 9.97 Å². The van der Waals surface area contributed by atoms with E-state index in [9.17, 15) is 0 Å². The smallest absolute Gasteiger partial charge is 0.319 e. The second-order valence-corrected chi connectivity index (χ2v) is 56.7. The molecule has 0 saturated heterocycles. The fraction of sp³-hybridized carbons (Fsp3) is 0.148. The van der Waals surface area contributed by atoms with Crippen molar-refractivity contribution in [3.05, 3.63) is 388 Å². The summed E-state index contributed by atoms with van der Waals surface area (Å²) in [5, 5.41) is 9.02. The molecule has 0 amide bonds. The van der Waals surface area contributed by atoms with E-state index < -0.39 is 33.3 Å². The van der Waals surface area contributed by atoms with Crippen LogP contribution in [0.2, 0.25) is 20.2 Å². The third-order valence-corrected chi connectivity index (χ3v) is 47.9. The molecule has 606 valence electrons. The Bertz CT molecular complexity index is 5450. The first-order valence-electron chi connectivity index (χ1n) is 41.9. The highest BCUT2D eigenvalue weighted by molar-refractivity contribution is 7.21. The van der Waals surface area contributed by atoms with E-state index in [0.717, 1.165) is 107 Å². The van der Waals surface area contributed by atoms with Crippen LogP contribution in [0.5, 0.6) is 23.0 Å². The molecule has 0 aliphatic rings. The zero-order valence-corrected chi connectivity index (χ0v) is 78.4. The summed E-state index contributed by atoms with van der Waals surface area (Å²) < 4.78 is 30.3. The second kappa shape index (κ2) is 34.1. The number of rotatable bonds is 24. The third-order valence-electron chi connectivity index (χ3n) is 23.6. The topological polar surface area (TPSA) is 62.7 Å². The van der Waals surface area contributed by atoms with Gasteiger partial charge in [-0.15, -0.1) is 45.3 Å². The number of hydrogen-bond acceptors (Lipinski definition) is 10. The average Bonchev–Trinajstić information content (AvgIpc) is 0.921. The lowest BCUT2D eigenvalue weighted by molar-refractivity contribution is 0.508. The van der Waals surface area contributed by atoms with Crippen LogP contribution in [-0.2, 0) is 0 Å². The highest BCUT2D eigenvalue weighted by Crippen LogP contribution is 2.50. The monoisotopic (exact) mass is 1730 g/mol. The van der Waals surface area contributed by atoms with Gasteiger partial charge < -0.3 is 17.7 Å². The Morgan fingerprint density at radius 3 is 0.451 bits per heavy atom. The van der Waals surface area contributed by atoms with Crippen LogP contribution in [0.1, 0.15) is 83.1 Å². The Balaban J connectivity index is 0.787. The molecule has 0 spiro atoms. The molecule has 0 aliphatic carbocycles. The van der Waals surface area contributed by atoms with Crippen LogP contribution >= 0.6 is 45.3 Å². The maximum atomic E-state index is 7.57. The highest BCUT2D eigenvalue weighted by Gasteiger charge is 2.56. The summed E-state index contributed by atoms with van der Waals surface area (Å²) in [6.45, 7) is 27.9. The number of hydrogen-bond donors (Lipinski definition) is 0. The van der Waals surface area contributed by atoms with Crippen LogP contribution in [0, 0.1) is 0 Å². The molecule has 5 aromatic heterocycles. The van der Waals surface area contributed by atoms with Gasteiger partial charge in [0.2, 0.25) is 0 Å². The lowest BCUT2D eigenvalue weighted by Crippen LogP contribution is -2.68. The van der Waals surface area contributed by atoms with Crippen molar-refractivity contribution in [3.63, 3.8) is 0 Å². The molecule has 0 saturated carbocycles. The van der Waals surface area contributed by atoms with Crippen molar-refractivity contribution in [3.8, 4) is 107 Å². The Labute approximate surface area is 740 Å². The molecule has 17 rings (SSSR count). The van der Waals surface area contributed by atoms with Gasteiger partial charge in [0.1, 0.15) is 45.8 Å². The summed E-state index contributed by atoms with van der Waals surface area (Å²) in [5.74, 6) is 3.36. The highest BCUT2D eigenvalue weighted by atomic mass is 32.1. The van der Waals surface area contributed by atoms with E-state index in [0.29, 0.717) is 0 Å². The normalized spacial score (nSPS) is 12.4. The first-order chi connectivity index (χ1) is 58.9. The molecule has 122 heavy (non-hydrogen) atoms. The minimum absolute atomic E-state index is 0.207. The standard InChI is InChI=1S/C108H100N2O4S4Si4/c1-105(2,3)119(85-37-21-13-22-38-85,86-39-23-14-24-40-86)111-81-61-53-77(54-62-81)93-69-73-97(115-93)101-102(98-74-70-94(116-98)78-55-63-82(64-56-78)112-120(106(4,5)6,87-41-25-15-26-42-87)88-43-27-16-28-44-88)110-104(100-76-72-96(118-100)80-59-67-84(68-60-80)114-122(108(10,11)12,91-49-33-19-34-50-91)92-51-35-20-36-52-92)103(109-101)99-75-71-95(117-99)79-57-65-83(66-58-79)113-121(107(7,8)9,89-45-29-17-30-46-89)90-47-31-18-32-48-90/h13-76H,1-12H3. The van der Waals surface area contributed by atoms with Gasteiger partial charge in [-0.1, -0.05) is 326 Å². The van der Waals surface area contributed by atoms with E-state index in [1.54, 1.807) is 45.3 Å². The summed E-state index contributed by atoms with van der Waals surface area (Å²) in [7, 11) is -11.7. The summed E-state index contributed by atoms with van der Waals surface area (Å²) in [5.41, 5.74) is 7.57. The zero-order valence-electron chi connectivity index (χ0n) is 71.1. The van der Waals surface area contributed by atoms with Crippen molar-refractivity contribution >= 4 is 120 Å². The molecule has 12 aromatic carbocycles. The van der Waals surface area contributed by atoms with Crippen LogP contribution in [0.25, 0.3) is 84.0 Å². The number of benzene rings is 12. The Kier molecular flexibility index (Phi) is 23.2. The number of aromatic nitrogens is 2. The fourth-order valence-corrected chi connectivity index (χ4v) is 39.3. The van der Waals surface area contributed by atoms with Crippen LogP contribution in [-0.4, -0.2) is 43.2 Å². The van der Waals surface area contributed by atoms with Crippen LogP contribution in [0.3, 0.4) is 0 Å². The maximum Gasteiger partial charge on any atom is 0.319 e. The lowest BCUT2D eigenvalue weighted by atomic mass is 10.1. The fourth-order valence-electron chi connectivity index (χ4n) is 17.7. The summed E-state index contributed by atoms with van der Waals surface area (Å²) >= 11 is 6.95. The van der Waals surface area contributed by atoms with E-state index in [1.807, 2.05) is 0 Å². The van der Waals surface area contributed by atoms with Crippen molar-refractivity contribution in [2.45, 2.75) is 103 Å². The van der Waals surface area contributed by atoms with Crippen molar-refractivity contribution in [2.75, 3.05) is 0 Å². The van der Waals surface area contributed by atoms with E-state index in [4.69, 9.17) is 27.7 Å². The third kappa shape index (κ3) is 16.0. The second-order valence-electron chi connectivity index (χ2n) is 35.4. The summed E-state index contributed by atoms with van der Waals surface area (Å²) in [6.07, 6.45) is 0. The largest absolute Gasteiger partial charge is 0.534 e. The maximum absolute atomic E-state index is 7.57. The van der Waals surface area contributed by atoms with Gasteiger partial charge in [0.05, 0.1) is 19.5 Å². The molecule has 17 aromatic rings. The van der Waals surface area contributed by atoms with E-state index >= 15 is 0 Å². The Morgan fingerprint density at radius 1 is 0.172 bits per heavy atom. The molecule has 0 fully saturated rings. The van der Waals surface area contributed by atoms with E-state index in [-0.39, 0.29) is 20.2 Å². The van der Waals surface area contributed by atoms with Gasteiger partial charge >= 0.3 is 33.3 Å². The molecule has 0 bridgehead atoms. The Hall–Kier alpha value is -11.4. The van der Waals surface area contributed by atoms with Gasteiger partial charge in [-0.05, 0) is 229 Å². The van der Waals surface area contributed by atoms with E-state index in [2.05, 4.69) is 471 Å². The van der Waals surface area contributed by atoms with Crippen molar-refractivity contribution in [2.24, 2.45) is 0 Å². The minimum Gasteiger partial charge on any atom is -0.534 e. The molecule has 0 atom stereocenters. The van der Waals surface area contributed by atoms with Crippen molar-refractivity contribution in [1.29, 1.82) is 0 Å². The van der Waals surface area contributed by atoms with Crippen LogP contribution in [0.15, 0.2) is 388 Å². The molecule has 14 heteroatoms. The summed E-state index contributed by atoms with van der Waals surface area (Å²) in [4.78, 5) is 20.6. The number of thiophene rings is 4.